The Labute approximate surface area is 101 Å². The van der Waals surface area contributed by atoms with E-state index in [9.17, 15) is 4.79 Å². The number of esters is 1. The van der Waals surface area contributed by atoms with Crippen LogP contribution in [0.2, 0.25) is 0 Å². The number of ether oxygens (including phenoxy) is 1. The number of nitriles is 1. The number of rotatable bonds is 5. The molecule has 0 aliphatic heterocycles. The Morgan fingerprint density at radius 3 is 2.94 bits per heavy atom. The number of hydrogen-bond acceptors (Lipinski definition) is 5. The Morgan fingerprint density at radius 1 is 1.59 bits per heavy atom. The minimum atomic E-state index is -0.293. The van der Waals surface area contributed by atoms with E-state index in [0.29, 0.717) is 24.5 Å². The first-order chi connectivity index (χ1) is 8.21. The first-order valence-electron chi connectivity index (χ1n) is 5.48. The highest BCUT2D eigenvalue weighted by Gasteiger charge is 2.12. The molecule has 1 aromatic heterocycles. The van der Waals surface area contributed by atoms with Crippen molar-refractivity contribution in [1.82, 2.24) is 4.98 Å². The van der Waals surface area contributed by atoms with Crippen LogP contribution in [0.25, 0.3) is 0 Å². The van der Waals surface area contributed by atoms with E-state index < -0.39 is 0 Å². The number of nitrogens with zero attached hydrogens (tertiary/aromatic N) is 3. The Morgan fingerprint density at radius 2 is 2.35 bits per heavy atom. The molecular weight excluding hydrogens is 218 g/mol. The maximum absolute atomic E-state index is 11.4. The molecule has 0 amide bonds. The van der Waals surface area contributed by atoms with Gasteiger partial charge in [-0.15, -0.1) is 0 Å². The zero-order valence-electron chi connectivity index (χ0n) is 10.0. The highest BCUT2D eigenvalue weighted by Crippen LogP contribution is 2.11. The minimum absolute atomic E-state index is 0.145. The van der Waals surface area contributed by atoms with Crippen LogP contribution in [0, 0.1) is 11.3 Å². The number of carbonyl (C=O) groups is 1. The maximum atomic E-state index is 11.4. The van der Waals surface area contributed by atoms with E-state index in [-0.39, 0.29) is 12.5 Å². The predicted octanol–water partition coefficient (Wildman–Crippen LogP) is 1.34. The Hall–Kier alpha value is -2.09. The number of aromatic nitrogens is 1. The average Bonchev–Trinajstić information content (AvgIpc) is 2.36. The molecule has 0 fully saturated rings. The predicted molar refractivity (Wildman–Crippen MR) is 63.5 cm³/mol. The van der Waals surface area contributed by atoms with Gasteiger partial charge in [0, 0.05) is 12.7 Å². The van der Waals surface area contributed by atoms with Gasteiger partial charge in [0.25, 0.3) is 0 Å². The maximum Gasteiger partial charge on any atom is 0.325 e. The fourth-order valence-corrected chi connectivity index (χ4v) is 1.38. The third-order valence-corrected chi connectivity index (χ3v) is 2.21. The van der Waals surface area contributed by atoms with Crippen LogP contribution in [0.15, 0.2) is 18.3 Å². The number of carbonyl (C=O) groups excluding carboxylic acids is 1. The van der Waals surface area contributed by atoms with Crippen LogP contribution in [0.4, 0.5) is 5.82 Å². The molecule has 0 N–H and O–H groups in total. The molecule has 0 aromatic carbocycles. The Bertz CT molecular complexity index is 426. The molecule has 0 radical (unpaired) electrons. The van der Waals surface area contributed by atoms with Crippen LogP contribution in [0.5, 0.6) is 0 Å². The summed E-state index contributed by atoms with van der Waals surface area (Å²) in [5.74, 6) is 0.318. The highest BCUT2D eigenvalue weighted by molar-refractivity contribution is 5.75. The minimum Gasteiger partial charge on any atom is -0.465 e. The molecule has 0 unspecified atom stereocenters. The van der Waals surface area contributed by atoms with Crippen molar-refractivity contribution in [3.8, 4) is 6.07 Å². The standard InChI is InChI=1S/C12H15N3O2/c1-3-15(9-12(16)17-4-2)11-7-10(8-13)5-6-14-11/h5-7H,3-4,9H2,1-2H3. The average molecular weight is 233 g/mol. The lowest BCUT2D eigenvalue weighted by Gasteiger charge is -2.20. The van der Waals surface area contributed by atoms with E-state index in [1.165, 1.54) is 0 Å². The number of anilines is 1. The summed E-state index contributed by atoms with van der Waals surface area (Å²) in [5, 5.41) is 8.79. The molecule has 5 nitrogen and oxygen atoms in total. The van der Waals surface area contributed by atoms with Gasteiger partial charge in [0.05, 0.1) is 18.2 Å². The first kappa shape index (κ1) is 13.0. The normalized spacial score (nSPS) is 9.47. The van der Waals surface area contributed by atoms with E-state index >= 15 is 0 Å². The van der Waals surface area contributed by atoms with Crippen LogP contribution in [0.1, 0.15) is 19.4 Å². The molecule has 1 aromatic rings. The van der Waals surface area contributed by atoms with Gasteiger partial charge in [-0.2, -0.15) is 5.26 Å². The monoisotopic (exact) mass is 233 g/mol. The van der Waals surface area contributed by atoms with Crippen LogP contribution >= 0.6 is 0 Å². The summed E-state index contributed by atoms with van der Waals surface area (Å²) in [7, 11) is 0. The van der Waals surface area contributed by atoms with Crippen molar-refractivity contribution < 1.29 is 9.53 Å². The summed E-state index contributed by atoms with van der Waals surface area (Å²) in [5.41, 5.74) is 0.525. The van der Waals surface area contributed by atoms with Crippen molar-refractivity contribution in [1.29, 1.82) is 5.26 Å². The summed E-state index contributed by atoms with van der Waals surface area (Å²) in [6.45, 7) is 4.82. The van der Waals surface area contributed by atoms with Gasteiger partial charge in [-0.05, 0) is 26.0 Å². The quantitative estimate of drug-likeness (QED) is 0.718. The van der Waals surface area contributed by atoms with Crippen LogP contribution in [-0.4, -0.2) is 30.6 Å². The zero-order valence-corrected chi connectivity index (χ0v) is 10.0. The smallest absolute Gasteiger partial charge is 0.325 e. The van der Waals surface area contributed by atoms with Crippen LogP contribution in [-0.2, 0) is 9.53 Å². The van der Waals surface area contributed by atoms with Crippen molar-refractivity contribution in [2.75, 3.05) is 24.6 Å². The molecule has 90 valence electrons. The molecule has 0 saturated heterocycles. The van der Waals surface area contributed by atoms with E-state index in [0.717, 1.165) is 0 Å². The highest BCUT2D eigenvalue weighted by atomic mass is 16.5. The summed E-state index contributed by atoms with van der Waals surface area (Å²) < 4.78 is 4.88. The van der Waals surface area contributed by atoms with Gasteiger partial charge in [0.1, 0.15) is 12.4 Å². The molecule has 5 heteroatoms. The molecule has 0 saturated carbocycles. The molecule has 0 aliphatic rings. The lowest BCUT2D eigenvalue weighted by Crippen LogP contribution is -2.31. The zero-order chi connectivity index (χ0) is 12.7. The second-order valence-corrected chi connectivity index (χ2v) is 3.33. The van der Waals surface area contributed by atoms with Crippen LogP contribution < -0.4 is 4.90 Å². The van der Waals surface area contributed by atoms with Crippen LogP contribution in [0.3, 0.4) is 0 Å². The van der Waals surface area contributed by atoms with Crippen molar-refractivity contribution in [3.63, 3.8) is 0 Å². The van der Waals surface area contributed by atoms with E-state index in [4.69, 9.17) is 10.00 Å². The summed E-state index contributed by atoms with van der Waals surface area (Å²) in [6, 6.07) is 5.32. The van der Waals surface area contributed by atoms with E-state index in [1.807, 2.05) is 13.0 Å². The number of hydrogen-bond donors (Lipinski definition) is 0. The molecule has 0 atom stereocenters. The SMILES string of the molecule is CCOC(=O)CN(CC)c1cc(C#N)ccn1. The topological polar surface area (TPSA) is 66.2 Å². The molecule has 0 aliphatic carbocycles. The van der Waals surface area contributed by atoms with Gasteiger partial charge in [0.15, 0.2) is 0 Å². The van der Waals surface area contributed by atoms with Gasteiger partial charge >= 0.3 is 5.97 Å². The molecule has 0 bridgehead atoms. The summed E-state index contributed by atoms with van der Waals surface area (Å²) >= 11 is 0. The lowest BCUT2D eigenvalue weighted by molar-refractivity contribution is -0.141. The van der Waals surface area contributed by atoms with Crippen molar-refractivity contribution in [2.45, 2.75) is 13.8 Å². The van der Waals surface area contributed by atoms with Gasteiger partial charge in [-0.3, -0.25) is 4.79 Å². The van der Waals surface area contributed by atoms with E-state index in [2.05, 4.69) is 4.98 Å². The largest absolute Gasteiger partial charge is 0.465 e. The lowest BCUT2D eigenvalue weighted by atomic mass is 10.3. The van der Waals surface area contributed by atoms with Gasteiger partial charge < -0.3 is 9.64 Å². The molecule has 1 rings (SSSR count). The number of pyridine rings is 1. The Balaban J connectivity index is 2.79. The second-order valence-electron chi connectivity index (χ2n) is 3.33. The van der Waals surface area contributed by atoms with Gasteiger partial charge in [-0.25, -0.2) is 4.98 Å². The molecular formula is C12H15N3O2. The second kappa shape index (κ2) is 6.48. The fraction of sp³-hybridized carbons (Fsp3) is 0.417. The van der Waals surface area contributed by atoms with Gasteiger partial charge in [-0.1, -0.05) is 0 Å². The first-order valence-corrected chi connectivity index (χ1v) is 5.48. The van der Waals surface area contributed by atoms with Crippen molar-refractivity contribution >= 4 is 11.8 Å². The summed E-state index contributed by atoms with van der Waals surface area (Å²) in [4.78, 5) is 17.3. The Kier molecular flexibility index (Phi) is 4.95. The third kappa shape index (κ3) is 3.76. The van der Waals surface area contributed by atoms with Crippen molar-refractivity contribution in [3.05, 3.63) is 23.9 Å². The van der Waals surface area contributed by atoms with Crippen molar-refractivity contribution in [2.24, 2.45) is 0 Å². The van der Waals surface area contributed by atoms with Gasteiger partial charge in [0.2, 0.25) is 0 Å². The van der Waals surface area contributed by atoms with E-state index in [1.54, 1.807) is 30.2 Å². The summed E-state index contributed by atoms with van der Waals surface area (Å²) in [6.07, 6.45) is 1.56. The molecule has 1 heterocycles. The fourth-order valence-electron chi connectivity index (χ4n) is 1.38. The molecule has 17 heavy (non-hydrogen) atoms. The number of likely N-dealkylation sites (N-methyl/N-ethyl adjacent to an activating group) is 1. The molecule has 0 spiro atoms. The third-order valence-electron chi connectivity index (χ3n) is 2.21.